The number of carboxylic acid groups (broad SMARTS) is 1. The second kappa shape index (κ2) is 8.14. The van der Waals surface area contributed by atoms with E-state index in [9.17, 15) is 14.4 Å². The molecule has 0 saturated heterocycles. The summed E-state index contributed by atoms with van der Waals surface area (Å²) in [4.78, 5) is 36.9. The number of amides is 2. The molecule has 1 aromatic carbocycles. The highest BCUT2D eigenvalue weighted by Crippen LogP contribution is 2.21. The zero-order valence-electron chi connectivity index (χ0n) is 14.1. The van der Waals surface area contributed by atoms with Crippen LogP contribution in [0, 0.1) is 0 Å². The second-order valence-corrected chi connectivity index (χ2v) is 5.67. The van der Waals surface area contributed by atoms with Crippen molar-refractivity contribution < 1.29 is 23.9 Å². The maximum Gasteiger partial charge on any atom is 0.303 e. The van der Waals surface area contributed by atoms with E-state index in [1.54, 1.807) is 50.4 Å². The van der Waals surface area contributed by atoms with Gasteiger partial charge in [0, 0.05) is 19.5 Å². The van der Waals surface area contributed by atoms with Gasteiger partial charge in [-0.2, -0.15) is 0 Å². The molecule has 2 amide bonds. The summed E-state index contributed by atoms with van der Waals surface area (Å²) < 4.78 is 5.11. The van der Waals surface area contributed by atoms with Crippen molar-refractivity contribution in [2.45, 2.75) is 25.8 Å². The smallest absolute Gasteiger partial charge is 0.303 e. The molecule has 0 radical (unpaired) electrons. The van der Waals surface area contributed by atoms with Gasteiger partial charge in [0.05, 0.1) is 17.5 Å². The molecule has 2 N–H and O–H groups in total. The standard InChI is InChI=1S/C18H20N2O5/c1-12(9-10-16(21)22)19-17(23)13-6-3-4-7-14(13)20(2)18(24)15-8-5-11-25-15/h3-8,11-12H,9-10H2,1-2H3,(H,19,23)(H,21,22). The number of carboxylic acids is 1. The molecular weight excluding hydrogens is 324 g/mol. The number of carbonyl (C=O) groups is 3. The van der Waals surface area contributed by atoms with E-state index in [4.69, 9.17) is 9.52 Å². The fourth-order valence-corrected chi connectivity index (χ4v) is 2.35. The van der Waals surface area contributed by atoms with E-state index in [0.29, 0.717) is 17.7 Å². The van der Waals surface area contributed by atoms with Crippen molar-refractivity contribution in [2.75, 3.05) is 11.9 Å². The average molecular weight is 344 g/mol. The second-order valence-electron chi connectivity index (χ2n) is 5.67. The number of furan rings is 1. The molecular formula is C18H20N2O5. The fourth-order valence-electron chi connectivity index (χ4n) is 2.35. The summed E-state index contributed by atoms with van der Waals surface area (Å²) in [5.41, 5.74) is 0.763. The number of hydrogen-bond acceptors (Lipinski definition) is 4. The maximum absolute atomic E-state index is 12.5. The molecule has 0 fully saturated rings. The van der Waals surface area contributed by atoms with Crippen molar-refractivity contribution in [3.63, 3.8) is 0 Å². The molecule has 2 rings (SSSR count). The molecule has 1 atom stereocenters. The largest absolute Gasteiger partial charge is 0.481 e. The lowest BCUT2D eigenvalue weighted by Gasteiger charge is -2.20. The van der Waals surface area contributed by atoms with Gasteiger partial charge >= 0.3 is 5.97 Å². The Bertz CT molecular complexity index is 755. The summed E-state index contributed by atoms with van der Waals surface area (Å²) >= 11 is 0. The fraction of sp³-hybridized carbons (Fsp3) is 0.278. The first-order chi connectivity index (χ1) is 11.9. The molecule has 0 aliphatic heterocycles. The van der Waals surface area contributed by atoms with Gasteiger partial charge in [-0.25, -0.2) is 0 Å². The molecule has 1 unspecified atom stereocenters. The van der Waals surface area contributed by atoms with Crippen LogP contribution < -0.4 is 10.2 Å². The number of para-hydroxylation sites is 1. The third kappa shape index (κ3) is 4.69. The van der Waals surface area contributed by atoms with Crippen molar-refractivity contribution in [1.82, 2.24) is 5.32 Å². The number of aliphatic carboxylic acids is 1. The lowest BCUT2D eigenvalue weighted by molar-refractivity contribution is -0.137. The Balaban J connectivity index is 2.15. The number of nitrogens with zero attached hydrogens (tertiary/aromatic N) is 1. The van der Waals surface area contributed by atoms with Gasteiger partial charge in [0.25, 0.3) is 11.8 Å². The van der Waals surface area contributed by atoms with Gasteiger partial charge in [-0.15, -0.1) is 0 Å². The average Bonchev–Trinajstić information content (AvgIpc) is 3.13. The van der Waals surface area contributed by atoms with E-state index in [-0.39, 0.29) is 30.0 Å². The summed E-state index contributed by atoms with van der Waals surface area (Å²) in [6.07, 6.45) is 1.70. The number of carbonyl (C=O) groups excluding carboxylic acids is 2. The molecule has 1 heterocycles. The molecule has 7 nitrogen and oxygen atoms in total. The van der Waals surface area contributed by atoms with Gasteiger partial charge in [0.1, 0.15) is 0 Å². The Hall–Kier alpha value is -3.09. The molecule has 132 valence electrons. The maximum atomic E-state index is 12.5. The zero-order chi connectivity index (χ0) is 18.4. The Morgan fingerprint density at radius 2 is 1.92 bits per heavy atom. The number of benzene rings is 1. The van der Waals surface area contributed by atoms with Crippen LogP contribution in [0.1, 0.15) is 40.7 Å². The summed E-state index contributed by atoms with van der Waals surface area (Å²) in [7, 11) is 1.56. The van der Waals surface area contributed by atoms with Gasteiger partial charge < -0.3 is 19.7 Å². The minimum atomic E-state index is -0.912. The van der Waals surface area contributed by atoms with E-state index in [0.717, 1.165) is 0 Å². The zero-order valence-corrected chi connectivity index (χ0v) is 14.1. The lowest BCUT2D eigenvalue weighted by Crippen LogP contribution is -2.35. The number of hydrogen-bond donors (Lipinski definition) is 2. The summed E-state index contributed by atoms with van der Waals surface area (Å²) in [5.74, 6) is -1.48. The normalized spacial score (nSPS) is 11.6. The molecule has 0 bridgehead atoms. The molecule has 1 aromatic heterocycles. The number of nitrogens with one attached hydrogen (secondary N) is 1. The van der Waals surface area contributed by atoms with Crippen LogP contribution >= 0.6 is 0 Å². The summed E-state index contributed by atoms with van der Waals surface area (Å²) in [6.45, 7) is 1.74. The van der Waals surface area contributed by atoms with E-state index in [2.05, 4.69) is 5.32 Å². The third-order valence-electron chi connectivity index (χ3n) is 3.72. The van der Waals surface area contributed by atoms with Gasteiger partial charge in [-0.3, -0.25) is 14.4 Å². The van der Waals surface area contributed by atoms with Crippen LogP contribution in [0.2, 0.25) is 0 Å². The van der Waals surface area contributed by atoms with Gasteiger partial charge in [0.15, 0.2) is 5.76 Å². The lowest BCUT2D eigenvalue weighted by atomic mass is 10.1. The van der Waals surface area contributed by atoms with Crippen LogP contribution in [0.3, 0.4) is 0 Å². The van der Waals surface area contributed by atoms with Crippen LogP contribution in [-0.4, -0.2) is 36.0 Å². The highest BCUT2D eigenvalue weighted by atomic mass is 16.4. The van der Waals surface area contributed by atoms with Crippen LogP contribution in [0.25, 0.3) is 0 Å². The SMILES string of the molecule is CC(CCC(=O)O)NC(=O)c1ccccc1N(C)C(=O)c1ccco1. The van der Waals surface area contributed by atoms with E-state index < -0.39 is 5.97 Å². The van der Waals surface area contributed by atoms with Crippen molar-refractivity contribution >= 4 is 23.5 Å². The number of rotatable bonds is 7. The summed E-state index contributed by atoms with van der Waals surface area (Å²) in [5, 5.41) is 11.5. The first-order valence-electron chi connectivity index (χ1n) is 7.83. The van der Waals surface area contributed by atoms with Gasteiger partial charge in [-0.1, -0.05) is 12.1 Å². The summed E-state index contributed by atoms with van der Waals surface area (Å²) in [6, 6.07) is 9.57. The molecule has 2 aromatic rings. The topological polar surface area (TPSA) is 99.9 Å². The molecule has 0 spiro atoms. The van der Waals surface area contributed by atoms with Crippen LogP contribution in [0.15, 0.2) is 47.1 Å². The van der Waals surface area contributed by atoms with Gasteiger partial charge in [-0.05, 0) is 37.6 Å². The Labute approximate surface area is 145 Å². The number of anilines is 1. The Kier molecular flexibility index (Phi) is 5.94. The molecule has 0 aliphatic rings. The highest BCUT2D eigenvalue weighted by molar-refractivity contribution is 6.09. The molecule has 25 heavy (non-hydrogen) atoms. The van der Waals surface area contributed by atoms with Crippen LogP contribution in [0.5, 0.6) is 0 Å². The Morgan fingerprint density at radius 3 is 2.56 bits per heavy atom. The highest BCUT2D eigenvalue weighted by Gasteiger charge is 2.21. The van der Waals surface area contributed by atoms with Crippen molar-refractivity contribution in [2.24, 2.45) is 0 Å². The monoisotopic (exact) mass is 344 g/mol. The van der Waals surface area contributed by atoms with Crippen LogP contribution in [0.4, 0.5) is 5.69 Å². The molecule has 0 aliphatic carbocycles. The van der Waals surface area contributed by atoms with E-state index >= 15 is 0 Å². The minimum Gasteiger partial charge on any atom is -0.481 e. The predicted octanol–water partition coefficient (Wildman–Crippen LogP) is 2.54. The van der Waals surface area contributed by atoms with Crippen molar-refractivity contribution in [1.29, 1.82) is 0 Å². The molecule has 7 heteroatoms. The van der Waals surface area contributed by atoms with Crippen LogP contribution in [-0.2, 0) is 4.79 Å². The molecule has 0 saturated carbocycles. The first-order valence-corrected chi connectivity index (χ1v) is 7.83. The predicted molar refractivity (Wildman–Crippen MR) is 91.7 cm³/mol. The van der Waals surface area contributed by atoms with E-state index in [1.807, 2.05) is 0 Å². The van der Waals surface area contributed by atoms with Crippen molar-refractivity contribution in [3.8, 4) is 0 Å². The minimum absolute atomic E-state index is 0.0278. The van der Waals surface area contributed by atoms with Gasteiger partial charge in [0.2, 0.25) is 0 Å². The first kappa shape index (κ1) is 18.3. The van der Waals surface area contributed by atoms with Crippen molar-refractivity contribution in [3.05, 3.63) is 54.0 Å². The quantitative estimate of drug-likeness (QED) is 0.804. The van der Waals surface area contributed by atoms with E-state index in [1.165, 1.54) is 11.2 Å². The third-order valence-corrected chi connectivity index (χ3v) is 3.72. The Morgan fingerprint density at radius 1 is 1.20 bits per heavy atom.